The van der Waals surface area contributed by atoms with Crippen molar-refractivity contribution in [1.82, 2.24) is 10.1 Å². The Morgan fingerprint density at radius 1 is 1.16 bits per heavy atom. The molecule has 2 aliphatic heterocycles. The molecule has 3 heterocycles. The Hall–Kier alpha value is -2.57. The first-order valence-corrected chi connectivity index (χ1v) is 11.9. The second-order valence-electron chi connectivity index (χ2n) is 10.1. The number of aromatic nitrogens is 1. The van der Waals surface area contributed by atoms with Crippen molar-refractivity contribution in [3.63, 3.8) is 0 Å². The minimum Gasteiger partial charge on any atom is -0.444 e. The van der Waals surface area contributed by atoms with Crippen LogP contribution in [-0.4, -0.2) is 54.2 Å². The van der Waals surface area contributed by atoms with Crippen LogP contribution in [0.2, 0.25) is 0 Å². The highest BCUT2D eigenvalue weighted by Gasteiger charge is 2.27. The van der Waals surface area contributed by atoms with Gasteiger partial charge in [0, 0.05) is 31.6 Å². The summed E-state index contributed by atoms with van der Waals surface area (Å²) in [5.74, 6) is 0.540. The van der Waals surface area contributed by atoms with E-state index >= 15 is 0 Å². The van der Waals surface area contributed by atoms with Crippen molar-refractivity contribution in [1.29, 1.82) is 0 Å². The molecule has 7 heteroatoms. The van der Waals surface area contributed by atoms with Gasteiger partial charge in [0.05, 0.1) is 16.9 Å². The van der Waals surface area contributed by atoms with Gasteiger partial charge in [-0.25, -0.2) is 4.79 Å². The Labute approximate surface area is 190 Å². The summed E-state index contributed by atoms with van der Waals surface area (Å²) in [6.45, 7) is 9.11. The van der Waals surface area contributed by atoms with E-state index in [4.69, 9.17) is 9.26 Å². The van der Waals surface area contributed by atoms with Crippen molar-refractivity contribution in [2.45, 2.75) is 71.3 Å². The molecule has 32 heavy (non-hydrogen) atoms. The fourth-order valence-electron chi connectivity index (χ4n) is 4.84. The van der Waals surface area contributed by atoms with Crippen LogP contribution in [0, 0.1) is 5.92 Å². The normalized spacial score (nSPS) is 18.2. The first kappa shape index (κ1) is 22.6. The highest BCUT2D eigenvalue weighted by molar-refractivity contribution is 6.01. The van der Waals surface area contributed by atoms with Crippen LogP contribution in [0.5, 0.6) is 0 Å². The quantitative estimate of drug-likeness (QED) is 0.593. The number of ether oxygens (including phenoxy) is 1. The molecule has 174 valence electrons. The van der Waals surface area contributed by atoms with Gasteiger partial charge >= 0.3 is 6.09 Å². The zero-order valence-corrected chi connectivity index (χ0v) is 19.6. The van der Waals surface area contributed by atoms with E-state index in [1.54, 1.807) is 0 Å². The number of benzene rings is 1. The van der Waals surface area contributed by atoms with Crippen molar-refractivity contribution in [3.8, 4) is 0 Å². The highest BCUT2D eigenvalue weighted by atomic mass is 16.6. The van der Waals surface area contributed by atoms with Gasteiger partial charge in [-0.2, -0.15) is 0 Å². The standard InChI is InChI=1S/C25H35N3O4/c1-25(2,3)31-24(30)28-15-11-18(12-16-28)7-9-21-19-8-10-22(27-13-5-4-6-14-27)20(17-29)23(19)32-26-21/h8,10,17-18H,4-7,9,11-16H2,1-3H3. The number of hydrogen-bond donors (Lipinski definition) is 0. The van der Waals surface area contributed by atoms with E-state index in [9.17, 15) is 9.59 Å². The molecule has 2 fully saturated rings. The third kappa shape index (κ3) is 5.08. The summed E-state index contributed by atoms with van der Waals surface area (Å²) in [6.07, 6.45) is 7.99. The predicted molar refractivity (Wildman–Crippen MR) is 124 cm³/mol. The van der Waals surface area contributed by atoms with Crippen molar-refractivity contribution in [2.75, 3.05) is 31.1 Å². The van der Waals surface area contributed by atoms with Crippen LogP contribution in [-0.2, 0) is 11.2 Å². The Bertz CT molecular complexity index is 948. The number of aryl methyl sites for hydroxylation is 1. The summed E-state index contributed by atoms with van der Waals surface area (Å²) >= 11 is 0. The van der Waals surface area contributed by atoms with Gasteiger partial charge in [-0.1, -0.05) is 5.16 Å². The predicted octanol–water partition coefficient (Wildman–Crippen LogP) is 5.21. The molecule has 1 amide bonds. The first-order chi connectivity index (χ1) is 15.4. The molecule has 2 aromatic rings. The van der Waals surface area contributed by atoms with E-state index in [0.29, 0.717) is 17.1 Å². The second-order valence-corrected chi connectivity index (χ2v) is 10.1. The number of nitrogens with zero attached hydrogens (tertiary/aromatic N) is 3. The van der Waals surface area contributed by atoms with Gasteiger partial charge in [0.2, 0.25) is 0 Å². The van der Waals surface area contributed by atoms with Crippen LogP contribution in [0.25, 0.3) is 11.0 Å². The number of carbonyl (C=O) groups is 2. The van der Waals surface area contributed by atoms with Crippen LogP contribution >= 0.6 is 0 Å². The smallest absolute Gasteiger partial charge is 0.410 e. The van der Waals surface area contributed by atoms with Crippen LogP contribution in [0.4, 0.5) is 10.5 Å². The van der Waals surface area contributed by atoms with Crippen molar-refractivity contribution in [3.05, 3.63) is 23.4 Å². The van der Waals surface area contributed by atoms with E-state index in [-0.39, 0.29) is 6.09 Å². The van der Waals surface area contributed by atoms with E-state index < -0.39 is 5.60 Å². The molecular weight excluding hydrogens is 406 g/mol. The highest BCUT2D eigenvalue weighted by Crippen LogP contribution is 2.32. The minimum absolute atomic E-state index is 0.218. The molecule has 0 unspecified atom stereocenters. The molecular formula is C25H35N3O4. The van der Waals surface area contributed by atoms with Gasteiger partial charge in [0.15, 0.2) is 11.9 Å². The summed E-state index contributed by atoms with van der Waals surface area (Å²) < 4.78 is 11.1. The maximum Gasteiger partial charge on any atom is 0.410 e. The third-order valence-electron chi connectivity index (χ3n) is 6.60. The lowest BCUT2D eigenvalue weighted by Gasteiger charge is -2.33. The number of amides is 1. The van der Waals surface area contributed by atoms with Gasteiger partial charge in [0.1, 0.15) is 5.60 Å². The Morgan fingerprint density at radius 3 is 2.53 bits per heavy atom. The van der Waals surface area contributed by atoms with Gasteiger partial charge in [-0.05, 0) is 83.8 Å². The summed E-state index contributed by atoms with van der Waals surface area (Å²) in [6, 6.07) is 4.11. The molecule has 0 aliphatic carbocycles. The molecule has 0 atom stereocenters. The molecule has 0 saturated carbocycles. The van der Waals surface area contributed by atoms with Gasteiger partial charge < -0.3 is 19.1 Å². The number of aldehydes is 1. The van der Waals surface area contributed by atoms with E-state index in [1.807, 2.05) is 25.7 Å². The summed E-state index contributed by atoms with van der Waals surface area (Å²) in [5, 5.41) is 5.26. The van der Waals surface area contributed by atoms with Crippen molar-refractivity contribution >= 4 is 29.0 Å². The molecule has 1 aromatic heterocycles. The Kier molecular flexibility index (Phi) is 6.72. The summed E-state index contributed by atoms with van der Waals surface area (Å²) in [5.41, 5.74) is 2.65. The number of rotatable bonds is 5. The van der Waals surface area contributed by atoms with Crippen LogP contribution in [0.15, 0.2) is 16.7 Å². The summed E-state index contributed by atoms with van der Waals surface area (Å²) in [4.78, 5) is 28.3. The lowest BCUT2D eigenvalue weighted by molar-refractivity contribution is 0.0181. The number of fused-ring (bicyclic) bond motifs is 1. The van der Waals surface area contributed by atoms with Crippen molar-refractivity contribution < 1.29 is 18.8 Å². The molecule has 1 aromatic carbocycles. The maximum absolute atomic E-state index is 12.3. The van der Waals surface area contributed by atoms with Gasteiger partial charge in [0.25, 0.3) is 0 Å². The fraction of sp³-hybridized carbons (Fsp3) is 0.640. The number of hydrogen-bond acceptors (Lipinski definition) is 6. The summed E-state index contributed by atoms with van der Waals surface area (Å²) in [7, 11) is 0. The molecule has 0 radical (unpaired) electrons. The zero-order valence-electron chi connectivity index (χ0n) is 19.6. The number of carbonyl (C=O) groups excluding carboxylic acids is 2. The Morgan fingerprint density at radius 2 is 1.88 bits per heavy atom. The number of likely N-dealkylation sites (tertiary alicyclic amines) is 1. The SMILES string of the molecule is CC(C)(C)OC(=O)N1CCC(CCc2noc3c(C=O)c(N4CCCCC4)ccc23)CC1. The number of anilines is 1. The van der Waals surface area contributed by atoms with Gasteiger partial charge in [-0.15, -0.1) is 0 Å². The molecule has 4 rings (SSSR count). The maximum atomic E-state index is 12.3. The van der Waals surface area contributed by atoms with Crippen LogP contribution in [0.1, 0.15) is 75.3 Å². The van der Waals surface area contributed by atoms with Crippen LogP contribution in [0.3, 0.4) is 0 Å². The average molecular weight is 442 g/mol. The van der Waals surface area contributed by atoms with Crippen LogP contribution < -0.4 is 4.90 Å². The van der Waals surface area contributed by atoms with E-state index in [1.165, 1.54) is 6.42 Å². The van der Waals surface area contributed by atoms with Gasteiger partial charge in [-0.3, -0.25) is 4.79 Å². The Balaban J connectivity index is 1.37. The number of piperidine rings is 2. The monoisotopic (exact) mass is 441 g/mol. The topological polar surface area (TPSA) is 75.9 Å². The zero-order chi connectivity index (χ0) is 22.7. The lowest BCUT2D eigenvalue weighted by Crippen LogP contribution is -2.41. The van der Waals surface area contributed by atoms with Crippen molar-refractivity contribution in [2.24, 2.45) is 5.92 Å². The molecule has 7 nitrogen and oxygen atoms in total. The molecule has 2 aliphatic rings. The molecule has 0 N–H and O–H groups in total. The first-order valence-electron chi connectivity index (χ1n) is 11.9. The molecule has 0 bridgehead atoms. The minimum atomic E-state index is -0.462. The fourth-order valence-corrected chi connectivity index (χ4v) is 4.84. The lowest BCUT2D eigenvalue weighted by atomic mass is 9.91. The third-order valence-corrected chi connectivity index (χ3v) is 6.60. The van der Waals surface area contributed by atoms with E-state index in [0.717, 1.165) is 87.8 Å². The largest absolute Gasteiger partial charge is 0.444 e. The molecule has 0 spiro atoms. The second kappa shape index (κ2) is 9.51. The van der Waals surface area contributed by atoms with E-state index in [2.05, 4.69) is 22.2 Å². The average Bonchev–Trinajstić information content (AvgIpc) is 3.20. The molecule has 2 saturated heterocycles.